The highest BCUT2D eigenvalue weighted by atomic mass is 35.5. The average Bonchev–Trinajstić information content (AvgIpc) is 2.83. The van der Waals surface area contributed by atoms with Gasteiger partial charge in [-0.3, -0.25) is 4.99 Å². The van der Waals surface area contributed by atoms with Gasteiger partial charge in [-0.05, 0) is 48.4 Å². The third-order valence-electron chi connectivity index (χ3n) is 3.58. The van der Waals surface area contributed by atoms with E-state index in [1.807, 2.05) is 42.2 Å². The summed E-state index contributed by atoms with van der Waals surface area (Å²) in [6, 6.07) is 13.6. The second-order valence-electron chi connectivity index (χ2n) is 5.09. The van der Waals surface area contributed by atoms with Crippen molar-refractivity contribution < 1.29 is 0 Å². The maximum atomic E-state index is 6.33. The zero-order chi connectivity index (χ0) is 15.0. The molecule has 0 fully saturated rings. The predicted octanol–water partition coefficient (Wildman–Crippen LogP) is 4.18. The summed E-state index contributed by atoms with van der Waals surface area (Å²) in [5, 5.41) is 1.33. The number of hydrogen-bond donors (Lipinski definition) is 1. The first-order chi connectivity index (χ1) is 10.1. The third-order valence-corrected chi connectivity index (χ3v) is 4.16. The summed E-state index contributed by atoms with van der Waals surface area (Å²) in [4.78, 5) is 6.38. The van der Waals surface area contributed by atoms with Crippen molar-refractivity contribution in [3.05, 3.63) is 63.6 Å². The third kappa shape index (κ3) is 2.71. The van der Waals surface area contributed by atoms with Crippen LogP contribution in [0, 0.1) is 6.92 Å². The largest absolute Gasteiger partial charge is 0.369 e. The molecule has 0 saturated heterocycles. The number of aryl methyl sites for hydroxylation is 1. The summed E-state index contributed by atoms with van der Waals surface area (Å²) in [6.07, 6.45) is 0. The van der Waals surface area contributed by atoms with E-state index in [1.54, 1.807) is 6.07 Å². The van der Waals surface area contributed by atoms with Crippen molar-refractivity contribution in [2.24, 2.45) is 10.7 Å². The highest BCUT2D eigenvalue weighted by Gasteiger charge is 2.30. The first-order valence-electron chi connectivity index (χ1n) is 6.67. The summed E-state index contributed by atoms with van der Waals surface area (Å²) in [5.74, 6) is 0.502. The Morgan fingerprint density at radius 1 is 1.19 bits per heavy atom. The molecule has 3 rings (SSSR count). The van der Waals surface area contributed by atoms with Crippen LogP contribution in [0.3, 0.4) is 0 Å². The quantitative estimate of drug-likeness (QED) is 0.902. The van der Waals surface area contributed by atoms with Crippen molar-refractivity contribution in [2.45, 2.75) is 13.0 Å². The van der Waals surface area contributed by atoms with Gasteiger partial charge in [-0.15, -0.1) is 0 Å². The smallest absolute Gasteiger partial charge is 0.196 e. The van der Waals surface area contributed by atoms with Gasteiger partial charge in [-0.2, -0.15) is 0 Å². The van der Waals surface area contributed by atoms with Crippen LogP contribution in [0.2, 0.25) is 10.0 Å². The Morgan fingerprint density at radius 3 is 2.76 bits per heavy atom. The van der Waals surface area contributed by atoms with Gasteiger partial charge in [-0.1, -0.05) is 35.3 Å². The minimum Gasteiger partial charge on any atom is -0.369 e. The zero-order valence-electron chi connectivity index (χ0n) is 11.6. The van der Waals surface area contributed by atoms with Gasteiger partial charge in [0.15, 0.2) is 5.96 Å². The first kappa shape index (κ1) is 14.2. The fraction of sp³-hybridized carbons (Fsp3) is 0.188. The summed E-state index contributed by atoms with van der Waals surface area (Å²) >= 11 is 12.4. The number of nitrogens with two attached hydrogens (primary N) is 1. The molecule has 0 aromatic heterocycles. The SMILES string of the molecule is Cc1cccc(N2C(N)=NCC2c2cc(Cl)ccc2Cl)c1. The lowest BCUT2D eigenvalue weighted by molar-refractivity contribution is 0.769. The van der Waals surface area contributed by atoms with Crippen LogP contribution >= 0.6 is 23.2 Å². The maximum absolute atomic E-state index is 6.33. The fourth-order valence-corrected chi connectivity index (χ4v) is 3.02. The molecule has 3 nitrogen and oxygen atoms in total. The van der Waals surface area contributed by atoms with Crippen molar-refractivity contribution in [3.63, 3.8) is 0 Å². The lowest BCUT2D eigenvalue weighted by Crippen LogP contribution is -2.36. The molecule has 1 unspecified atom stereocenters. The average molecular weight is 320 g/mol. The normalized spacial score (nSPS) is 18.0. The molecule has 0 bridgehead atoms. The molecule has 108 valence electrons. The van der Waals surface area contributed by atoms with Gasteiger partial charge < -0.3 is 10.6 Å². The highest BCUT2D eigenvalue weighted by Crippen LogP contribution is 2.36. The van der Waals surface area contributed by atoms with Crippen LogP contribution in [-0.4, -0.2) is 12.5 Å². The minimum atomic E-state index is -0.0296. The van der Waals surface area contributed by atoms with Gasteiger partial charge in [0.1, 0.15) is 0 Å². The van der Waals surface area contributed by atoms with Crippen LogP contribution in [0.1, 0.15) is 17.2 Å². The summed E-state index contributed by atoms with van der Waals surface area (Å²) in [6.45, 7) is 2.62. The first-order valence-corrected chi connectivity index (χ1v) is 7.42. The maximum Gasteiger partial charge on any atom is 0.196 e. The molecule has 0 saturated carbocycles. The lowest BCUT2D eigenvalue weighted by atomic mass is 10.1. The van der Waals surface area contributed by atoms with Crippen LogP contribution in [-0.2, 0) is 0 Å². The number of rotatable bonds is 2. The molecule has 2 aromatic rings. The molecule has 0 radical (unpaired) electrons. The number of anilines is 1. The van der Waals surface area contributed by atoms with Gasteiger partial charge in [0.25, 0.3) is 0 Å². The number of halogens is 2. The van der Waals surface area contributed by atoms with Crippen LogP contribution in [0.15, 0.2) is 47.5 Å². The van der Waals surface area contributed by atoms with E-state index >= 15 is 0 Å². The van der Waals surface area contributed by atoms with E-state index < -0.39 is 0 Å². The molecule has 1 aliphatic heterocycles. The molecule has 0 spiro atoms. The molecule has 2 aromatic carbocycles. The van der Waals surface area contributed by atoms with E-state index in [0.717, 1.165) is 11.3 Å². The molecule has 0 amide bonds. The van der Waals surface area contributed by atoms with Crippen molar-refractivity contribution >= 4 is 34.8 Å². The van der Waals surface area contributed by atoms with Crippen molar-refractivity contribution in [3.8, 4) is 0 Å². The van der Waals surface area contributed by atoms with Crippen molar-refractivity contribution in [1.82, 2.24) is 0 Å². The second kappa shape index (κ2) is 5.58. The summed E-state index contributed by atoms with van der Waals surface area (Å²) < 4.78 is 0. The van der Waals surface area contributed by atoms with Crippen LogP contribution in [0.5, 0.6) is 0 Å². The number of benzene rings is 2. The monoisotopic (exact) mass is 319 g/mol. The van der Waals surface area contributed by atoms with Gasteiger partial charge in [-0.25, -0.2) is 0 Å². The van der Waals surface area contributed by atoms with Crippen LogP contribution < -0.4 is 10.6 Å². The Hall–Kier alpha value is -1.71. The van der Waals surface area contributed by atoms with Crippen LogP contribution in [0.4, 0.5) is 5.69 Å². The van der Waals surface area contributed by atoms with Gasteiger partial charge in [0.2, 0.25) is 0 Å². The number of guanidine groups is 1. The van der Waals surface area contributed by atoms with Gasteiger partial charge in [0.05, 0.1) is 12.6 Å². The van der Waals surface area contributed by atoms with Gasteiger partial charge in [0, 0.05) is 15.7 Å². The second-order valence-corrected chi connectivity index (χ2v) is 5.93. The number of hydrogen-bond acceptors (Lipinski definition) is 3. The Kier molecular flexibility index (Phi) is 3.79. The molecular weight excluding hydrogens is 305 g/mol. The van der Waals surface area contributed by atoms with E-state index in [9.17, 15) is 0 Å². The van der Waals surface area contributed by atoms with E-state index in [1.165, 1.54) is 5.56 Å². The van der Waals surface area contributed by atoms with Crippen LogP contribution in [0.25, 0.3) is 0 Å². The minimum absolute atomic E-state index is 0.0296. The lowest BCUT2D eigenvalue weighted by Gasteiger charge is -2.27. The topological polar surface area (TPSA) is 41.6 Å². The summed E-state index contributed by atoms with van der Waals surface area (Å²) in [5.41, 5.74) is 9.20. The Labute approximate surface area is 134 Å². The van der Waals surface area contributed by atoms with Crippen molar-refractivity contribution in [2.75, 3.05) is 11.4 Å². The van der Waals surface area contributed by atoms with E-state index in [4.69, 9.17) is 28.9 Å². The molecule has 1 aliphatic rings. The molecular formula is C16H15Cl2N3. The molecule has 2 N–H and O–H groups in total. The molecule has 5 heteroatoms. The predicted molar refractivity (Wildman–Crippen MR) is 89.4 cm³/mol. The highest BCUT2D eigenvalue weighted by molar-refractivity contribution is 6.33. The van der Waals surface area contributed by atoms with E-state index in [2.05, 4.69) is 11.1 Å². The fourth-order valence-electron chi connectivity index (χ4n) is 2.59. The zero-order valence-corrected chi connectivity index (χ0v) is 13.1. The van der Waals surface area contributed by atoms with E-state index in [-0.39, 0.29) is 6.04 Å². The molecule has 1 atom stereocenters. The molecule has 21 heavy (non-hydrogen) atoms. The Bertz CT molecular complexity index is 712. The van der Waals surface area contributed by atoms with E-state index in [0.29, 0.717) is 22.5 Å². The van der Waals surface area contributed by atoms with Gasteiger partial charge >= 0.3 is 0 Å². The standard InChI is InChI=1S/C16H15Cl2N3/c1-10-3-2-4-12(7-10)21-15(9-20-16(21)19)13-8-11(17)5-6-14(13)18/h2-8,15H,9H2,1H3,(H2,19,20). The Morgan fingerprint density at radius 2 is 2.00 bits per heavy atom. The summed E-state index contributed by atoms with van der Waals surface area (Å²) in [7, 11) is 0. The molecule has 1 heterocycles. The Balaban J connectivity index is 2.05. The number of nitrogens with zero attached hydrogens (tertiary/aromatic N) is 2. The molecule has 0 aliphatic carbocycles. The van der Waals surface area contributed by atoms with Crippen molar-refractivity contribution in [1.29, 1.82) is 0 Å². The number of aliphatic imine (C=N–C) groups is 1.